The van der Waals surface area contributed by atoms with Gasteiger partial charge in [-0.05, 0) is 63.4 Å². The minimum Gasteiger partial charge on any atom is -0.494 e. The minimum atomic E-state index is -0.181. The number of hydrogen-bond donors (Lipinski definition) is 0. The summed E-state index contributed by atoms with van der Waals surface area (Å²) < 4.78 is 10.8. The summed E-state index contributed by atoms with van der Waals surface area (Å²) in [5.74, 6) is 0.405. The molecule has 0 saturated carbocycles. The number of hydrazone groups is 1. The van der Waals surface area contributed by atoms with Crippen molar-refractivity contribution in [1.82, 2.24) is 9.91 Å². The molecule has 1 fully saturated rings. The first-order chi connectivity index (χ1) is 17.0. The third-order valence-electron chi connectivity index (χ3n) is 6.58. The van der Waals surface area contributed by atoms with Crippen LogP contribution < -0.4 is 4.74 Å². The van der Waals surface area contributed by atoms with Gasteiger partial charge in [0, 0.05) is 13.0 Å². The summed E-state index contributed by atoms with van der Waals surface area (Å²) in [4.78, 5) is 27.9. The summed E-state index contributed by atoms with van der Waals surface area (Å²) in [5, 5.41) is 6.46. The molecule has 4 rings (SSSR count). The quantitative estimate of drug-likeness (QED) is 0.529. The molecule has 0 N–H and O–H groups in total. The topological polar surface area (TPSA) is 71.4 Å². The van der Waals surface area contributed by atoms with Crippen molar-refractivity contribution in [3.8, 4) is 5.75 Å². The van der Waals surface area contributed by atoms with Crippen molar-refractivity contribution in [1.29, 1.82) is 0 Å². The van der Waals surface area contributed by atoms with Crippen LogP contribution in [0.1, 0.15) is 55.8 Å². The van der Waals surface area contributed by atoms with Crippen LogP contribution in [0.4, 0.5) is 0 Å². The van der Waals surface area contributed by atoms with E-state index in [9.17, 15) is 9.59 Å². The van der Waals surface area contributed by atoms with Gasteiger partial charge in [0.25, 0.3) is 5.91 Å². The molecule has 0 spiro atoms. The average molecular weight is 478 g/mol. The zero-order valence-electron chi connectivity index (χ0n) is 20.9. The van der Waals surface area contributed by atoms with E-state index in [1.165, 1.54) is 0 Å². The zero-order valence-corrected chi connectivity index (χ0v) is 20.9. The number of aryl methyl sites for hydroxylation is 1. The molecule has 7 nitrogen and oxygen atoms in total. The molecule has 7 heteroatoms. The Morgan fingerprint density at radius 3 is 2.60 bits per heavy atom. The molecule has 0 radical (unpaired) electrons. The van der Waals surface area contributed by atoms with E-state index in [0.717, 1.165) is 47.5 Å². The Balaban J connectivity index is 1.54. The Labute approximate surface area is 207 Å². The summed E-state index contributed by atoms with van der Waals surface area (Å²) in [6, 6.07) is 16.0. The van der Waals surface area contributed by atoms with Crippen LogP contribution in [-0.4, -0.2) is 60.3 Å². The van der Waals surface area contributed by atoms with E-state index in [4.69, 9.17) is 14.6 Å². The monoisotopic (exact) mass is 477 g/mol. The number of amides is 1. The molecular weight excluding hydrogens is 442 g/mol. The highest BCUT2D eigenvalue weighted by Crippen LogP contribution is 2.34. The van der Waals surface area contributed by atoms with Gasteiger partial charge in [-0.25, -0.2) is 5.01 Å². The molecule has 2 unspecified atom stereocenters. The molecule has 2 heterocycles. The zero-order chi connectivity index (χ0) is 24.8. The first-order valence-electron chi connectivity index (χ1n) is 12.6. The highest BCUT2D eigenvalue weighted by atomic mass is 16.5. The minimum absolute atomic E-state index is 0.0592. The van der Waals surface area contributed by atoms with Crippen LogP contribution in [0.25, 0.3) is 0 Å². The Kier molecular flexibility index (Phi) is 8.18. The normalized spacial score (nSPS) is 20.4. The molecule has 0 bridgehead atoms. The van der Waals surface area contributed by atoms with Gasteiger partial charge in [-0.1, -0.05) is 42.0 Å². The first-order valence-corrected chi connectivity index (χ1v) is 12.6. The van der Waals surface area contributed by atoms with Crippen molar-refractivity contribution in [3.05, 3.63) is 65.2 Å². The number of esters is 1. The van der Waals surface area contributed by atoms with E-state index in [0.29, 0.717) is 26.2 Å². The van der Waals surface area contributed by atoms with Crippen molar-refractivity contribution in [2.45, 2.75) is 46.1 Å². The maximum atomic E-state index is 13.5. The van der Waals surface area contributed by atoms with Gasteiger partial charge in [0.1, 0.15) is 5.75 Å². The summed E-state index contributed by atoms with van der Waals surface area (Å²) in [7, 11) is 0. The number of nitrogens with zero attached hydrogens (tertiary/aromatic N) is 3. The van der Waals surface area contributed by atoms with E-state index < -0.39 is 0 Å². The molecular formula is C28H35N3O4. The van der Waals surface area contributed by atoms with Crippen molar-refractivity contribution < 1.29 is 19.1 Å². The Bertz CT molecular complexity index is 1070. The number of piperidine rings is 1. The van der Waals surface area contributed by atoms with Crippen LogP contribution >= 0.6 is 0 Å². The second-order valence-electron chi connectivity index (χ2n) is 9.20. The third-order valence-corrected chi connectivity index (χ3v) is 6.58. The van der Waals surface area contributed by atoms with Gasteiger partial charge in [0.05, 0.1) is 37.4 Å². The number of carbonyl (C=O) groups is 2. The standard InChI is InChI=1S/C28H35N3O4/c1-4-34-24-13-11-21(12-14-24)26-17-25(22-9-6-8-20(3)16-22)29-31(26)27(32)19-30-15-7-10-23(18-30)28(33)35-5-2/h6,8-9,11-14,16,23,26H,4-5,7,10,15,17-19H2,1-3H3. The Hall–Kier alpha value is -3.19. The lowest BCUT2D eigenvalue weighted by Crippen LogP contribution is -2.44. The highest BCUT2D eigenvalue weighted by Gasteiger charge is 2.35. The smallest absolute Gasteiger partial charge is 0.310 e. The predicted molar refractivity (Wildman–Crippen MR) is 135 cm³/mol. The SMILES string of the molecule is CCOC(=O)C1CCCN(CC(=O)N2N=C(c3cccc(C)c3)CC2c2ccc(OCC)cc2)C1. The van der Waals surface area contributed by atoms with Gasteiger partial charge in [-0.3, -0.25) is 14.5 Å². The number of carbonyl (C=O) groups excluding carboxylic acids is 2. The Morgan fingerprint density at radius 2 is 1.89 bits per heavy atom. The Morgan fingerprint density at radius 1 is 1.09 bits per heavy atom. The summed E-state index contributed by atoms with van der Waals surface area (Å²) in [6.07, 6.45) is 2.32. The molecule has 2 atom stereocenters. The van der Waals surface area contributed by atoms with Gasteiger partial charge in [0.2, 0.25) is 0 Å². The van der Waals surface area contributed by atoms with Gasteiger partial charge >= 0.3 is 5.97 Å². The van der Waals surface area contributed by atoms with E-state index in [1.807, 2.05) is 50.2 Å². The number of likely N-dealkylation sites (tertiary alicyclic amines) is 1. The molecule has 35 heavy (non-hydrogen) atoms. The molecule has 0 aromatic heterocycles. The maximum absolute atomic E-state index is 13.5. The molecule has 1 amide bonds. The predicted octanol–water partition coefficient (Wildman–Crippen LogP) is 4.35. The fourth-order valence-electron chi connectivity index (χ4n) is 4.87. The van der Waals surface area contributed by atoms with E-state index in [2.05, 4.69) is 24.0 Å². The lowest BCUT2D eigenvalue weighted by atomic mass is 9.97. The fraction of sp³-hybridized carbons (Fsp3) is 0.464. The van der Waals surface area contributed by atoms with Crippen LogP contribution in [0, 0.1) is 12.8 Å². The highest BCUT2D eigenvalue weighted by molar-refractivity contribution is 6.03. The van der Waals surface area contributed by atoms with E-state index in [1.54, 1.807) is 5.01 Å². The van der Waals surface area contributed by atoms with Crippen LogP contribution in [0.2, 0.25) is 0 Å². The lowest BCUT2D eigenvalue weighted by Gasteiger charge is -2.32. The average Bonchev–Trinajstić information content (AvgIpc) is 3.31. The molecule has 2 aliphatic heterocycles. The molecule has 0 aliphatic carbocycles. The van der Waals surface area contributed by atoms with E-state index >= 15 is 0 Å². The van der Waals surface area contributed by atoms with Crippen LogP contribution in [0.5, 0.6) is 5.75 Å². The van der Waals surface area contributed by atoms with E-state index in [-0.39, 0.29) is 30.4 Å². The second kappa shape index (κ2) is 11.5. The van der Waals surface area contributed by atoms with Gasteiger partial charge in [0.15, 0.2) is 0 Å². The van der Waals surface area contributed by atoms with Crippen molar-refractivity contribution in [3.63, 3.8) is 0 Å². The first kappa shape index (κ1) is 24.9. The number of ether oxygens (including phenoxy) is 2. The molecule has 2 aliphatic rings. The third kappa shape index (κ3) is 6.09. The summed E-state index contributed by atoms with van der Waals surface area (Å²) in [6.45, 7) is 8.38. The number of hydrogen-bond acceptors (Lipinski definition) is 6. The lowest BCUT2D eigenvalue weighted by molar-refractivity contribution is -0.150. The van der Waals surface area contributed by atoms with Crippen LogP contribution in [0.3, 0.4) is 0 Å². The largest absolute Gasteiger partial charge is 0.494 e. The molecule has 1 saturated heterocycles. The van der Waals surface area contributed by atoms with Crippen LogP contribution in [-0.2, 0) is 14.3 Å². The molecule has 2 aromatic carbocycles. The van der Waals surface area contributed by atoms with Crippen molar-refractivity contribution in [2.75, 3.05) is 32.8 Å². The van der Waals surface area contributed by atoms with Crippen molar-refractivity contribution >= 4 is 17.6 Å². The summed E-state index contributed by atoms with van der Waals surface area (Å²) in [5.41, 5.74) is 4.13. The van der Waals surface area contributed by atoms with Gasteiger partial charge in [-0.15, -0.1) is 0 Å². The molecule has 186 valence electrons. The summed E-state index contributed by atoms with van der Waals surface area (Å²) >= 11 is 0. The van der Waals surface area contributed by atoms with Crippen molar-refractivity contribution in [2.24, 2.45) is 11.0 Å². The van der Waals surface area contributed by atoms with Crippen LogP contribution in [0.15, 0.2) is 53.6 Å². The second-order valence-corrected chi connectivity index (χ2v) is 9.20. The fourth-order valence-corrected chi connectivity index (χ4v) is 4.87. The van der Waals surface area contributed by atoms with Gasteiger partial charge in [-0.2, -0.15) is 5.10 Å². The molecule has 2 aromatic rings. The maximum Gasteiger partial charge on any atom is 0.310 e. The number of benzene rings is 2. The van der Waals surface area contributed by atoms with Gasteiger partial charge < -0.3 is 9.47 Å². The number of rotatable bonds is 8.